The van der Waals surface area contributed by atoms with Crippen molar-refractivity contribution in [3.8, 4) is 17.2 Å². The van der Waals surface area contributed by atoms with E-state index in [2.05, 4.69) is 15.5 Å². The number of anilines is 2. The molecule has 10 nitrogen and oxygen atoms in total. The molecule has 41 heavy (non-hydrogen) atoms. The van der Waals surface area contributed by atoms with Crippen LogP contribution in [0.3, 0.4) is 0 Å². The molecule has 2 aromatic carbocycles. The minimum Gasteiger partial charge on any atom is -0.493 e. The molecule has 224 valence electrons. The number of carbonyl (C=O) groups is 1. The molecule has 0 bridgehead atoms. The Hall–Kier alpha value is -3.66. The van der Waals surface area contributed by atoms with E-state index in [9.17, 15) is 4.79 Å². The summed E-state index contributed by atoms with van der Waals surface area (Å²) in [5.41, 5.74) is 2.28. The lowest BCUT2D eigenvalue weighted by atomic mass is 10.1. The molecule has 2 amide bonds. The second-order valence-corrected chi connectivity index (χ2v) is 10.8. The average molecular weight is 567 g/mol. The van der Waals surface area contributed by atoms with E-state index in [4.69, 9.17) is 19.6 Å². The van der Waals surface area contributed by atoms with Gasteiger partial charge in [-0.05, 0) is 76.5 Å². The number of nitrogens with zero attached hydrogens (tertiary/aromatic N) is 3. The molecule has 2 aliphatic rings. The van der Waals surface area contributed by atoms with Crippen LogP contribution >= 0.6 is 0 Å². The van der Waals surface area contributed by atoms with Crippen molar-refractivity contribution < 1.29 is 19.0 Å². The van der Waals surface area contributed by atoms with Gasteiger partial charge in [-0.3, -0.25) is 5.41 Å². The third kappa shape index (κ3) is 8.42. The monoisotopic (exact) mass is 566 g/mol. The molecule has 2 saturated heterocycles. The Labute approximate surface area is 244 Å². The molecule has 2 aromatic rings. The van der Waals surface area contributed by atoms with Crippen LogP contribution in [-0.4, -0.2) is 99.2 Å². The van der Waals surface area contributed by atoms with Crippen LogP contribution in [-0.2, 0) is 0 Å². The van der Waals surface area contributed by atoms with Gasteiger partial charge in [0.2, 0.25) is 0 Å². The molecular weight excluding hydrogens is 520 g/mol. The molecule has 2 heterocycles. The molecule has 0 spiro atoms. The summed E-state index contributed by atoms with van der Waals surface area (Å²) in [7, 11) is 3.48. The predicted molar refractivity (Wildman–Crippen MR) is 164 cm³/mol. The third-order valence-corrected chi connectivity index (χ3v) is 7.51. The van der Waals surface area contributed by atoms with Gasteiger partial charge in [-0.1, -0.05) is 6.42 Å². The first kappa shape index (κ1) is 30.3. The molecule has 0 saturated carbocycles. The van der Waals surface area contributed by atoms with Crippen molar-refractivity contribution >= 4 is 23.2 Å². The number of benzene rings is 2. The van der Waals surface area contributed by atoms with E-state index in [1.807, 2.05) is 62.2 Å². The van der Waals surface area contributed by atoms with E-state index in [-0.39, 0.29) is 12.1 Å². The predicted octanol–water partition coefficient (Wildman–Crippen LogP) is 4.95. The van der Waals surface area contributed by atoms with Gasteiger partial charge >= 0.3 is 6.03 Å². The van der Waals surface area contributed by atoms with Crippen LogP contribution in [0.15, 0.2) is 36.4 Å². The minimum atomic E-state index is -0.145. The first-order valence-corrected chi connectivity index (χ1v) is 14.8. The lowest BCUT2D eigenvalue weighted by Crippen LogP contribution is -2.51. The molecule has 2 aliphatic heterocycles. The fourth-order valence-electron chi connectivity index (χ4n) is 5.28. The third-order valence-electron chi connectivity index (χ3n) is 7.51. The van der Waals surface area contributed by atoms with E-state index < -0.39 is 0 Å². The molecule has 3 N–H and O–H groups in total. The Bertz CT molecular complexity index is 1140. The Morgan fingerprint density at radius 2 is 1.63 bits per heavy atom. The van der Waals surface area contributed by atoms with E-state index in [1.54, 1.807) is 12.0 Å². The number of amidine groups is 1. The van der Waals surface area contributed by atoms with E-state index in [0.717, 1.165) is 35.7 Å². The number of piperazine rings is 1. The SMILES string of the molecule is CNc1cc(OCCCN2CCCCC2)c(OC)cc1C(=N)N1CCN(C(=O)Nc2ccc(OC(C)C)cc2)CC1. The molecule has 0 aliphatic carbocycles. The zero-order chi connectivity index (χ0) is 29.2. The Morgan fingerprint density at radius 3 is 2.27 bits per heavy atom. The molecule has 0 unspecified atom stereocenters. The van der Waals surface area contributed by atoms with Gasteiger partial charge in [0.1, 0.15) is 11.6 Å². The van der Waals surface area contributed by atoms with Gasteiger partial charge < -0.3 is 39.5 Å². The Balaban J connectivity index is 1.30. The lowest BCUT2D eigenvalue weighted by Gasteiger charge is -2.36. The standard InChI is InChI=1S/C31H46N6O4/c1-23(2)41-25-11-9-24(10-12-25)34-31(38)37-18-16-36(17-19-37)30(32)26-21-28(39-4)29(22-27(26)33-3)40-20-8-15-35-13-6-5-7-14-35/h9-12,21-23,32-33H,5-8,13-20H2,1-4H3,(H,34,38). The summed E-state index contributed by atoms with van der Waals surface area (Å²) in [5, 5.41) is 15.2. The topological polar surface area (TPSA) is 102 Å². The van der Waals surface area contributed by atoms with Gasteiger partial charge in [0.15, 0.2) is 11.5 Å². The van der Waals surface area contributed by atoms with Crippen LogP contribution in [0.5, 0.6) is 17.2 Å². The number of rotatable bonds is 11. The fourth-order valence-corrected chi connectivity index (χ4v) is 5.28. The summed E-state index contributed by atoms with van der Waals surface area (Å²) in [5.74, 6) is 2.46. The summed E-state index contributed by atoms with van der Waals surface area (Å²) in [4.78, 5) is 19.2. The van der Waals surface area contributed by atoms with Gasteiger partial charge in [0.25, 0.3) is 0 Å². The number of likely N-dealkylation sites (tertiary alicyclic amines) is 1. The van der Waals surface area contributed by atoms with Crippen LogP contribution in [0.1, 0.15) is 45.1 Å². The highest BCUT2D eigenvalue weighted by Gasteiger charge is 2.25. The highest BCUT2D eigenvalue weighted by Crippen LogP contribution is 2.34. The van der Waals surface area contributed by atoms with Crippen LogP contribution in [0, 0.1) is 5.41 Å². The fraction of sp³-hybridized carbons (Fsp3) is 0.548. The van der Waals surface area contributed by atoms with Crippen molar-refractivity contribution in [2.45, 2.75) is 45.6 Å². The zero-order valence-corrected chi connectivity index (χ0v) is 25.0. The number of piperidine rings is 1. The first-order chi connectivity index (χ1) is 19.9. The minimum absolute atomic E-state index is 0.0983. The number of methoxy groups -OCH3 is 1. The molecule has 0 aromatic heterocycles. The highest BCUT2D eigenvalue weighted by atomic mass is 16.5. The maximum atomic E-state index is 12.9. The number of hydrogen-bond acceptors (Lipinski definition) is 7. The lowest BCUT2D eigenvalue weighted by molar-refractivity contribution is 0.181. The van der Waals surface area contributed by atoms with Gasteiger partial charge in [-0.25, -0.2) is 4.79 Å². The number of nitrogens with one attached hydrogen (secondary N) is 3. The van der Waals surface area contributed by atoms with E-state index in [1.165, 1.54) is 32.4 Å². The normalized spacial score (nSPS) is 15.9. The van der Waals surface area contributed by atoms with Crippen LogP contribution in [0.4, 0.5) is 16.2 Å². The summed E-state index contributed by atoms with van der Waals surface area (Å²) < 4.78 is 17.4. The van der Waals surface area contributed by atoms with Crippen molar-refractivity contribution in [1.82, 2.24) is 14.7 Å². The second-order valence-electron chi connectivity index (χ2n) is 10.8. The summed E-state index contributed by atoms with van der Waals surface area (Å²) in [6, 6.07) is 11.0. The van der Waals surface area contributed by atoms with Crippen molar-refractivity contribution in [2.24, 2.45) is 0 Å². The molecule has 0 radical (unpaired) electrons. The maximum Gasteiger partial charge on any atom is 0.321 e. The van der Waals surface area contributed by atoms with E-state index >= 15 is 0 Å². The quantitative estimate of drug-likeness (QED) is 0.201. The zero-order valence-electron chi connectivity index (χ0n) is 25.0. The van der Waals surface area contributed by atoms with Gasteiger partial charge in [0.05, 0.1) is 19.8 Å². The number of carbonyl (C=O) groups excluding carboxylic acids is 1. The van der Waals surface area contributed by atoms with Gasteiger partial charge in [0, 0.05) is 62.8 Å². The van der Waals surface area contributed by atoms with Crippen molar-refractivity contribution in [3.05, 3.63) is 42.0 Å². The molecular formula is C31H46N6O4. The maximum absolute atomic E-state index is 12.9. The largest absolute Gasteiger partial charge is 0.493 e. The summed E-state index contributed by atoms with van der Waals surface area (Å²) in [6.45, 7) is 10.2. The van der Waals surface area contributed by atoms with Gasteiger partial charge in [-0.2, -0.15) is 0 Å². The van der Waals surface area contributed by atoms with Gasteiger partial charge in [-0.15, -0.1) is 0 Å². The number of ether oxygens (including phenoxy) is 3. The average Bonchev–Trinajstić information content (AvgIpc) is 3.00. The van der Waals surface area contributed by atoms with E-state index in [0.29, 0.717) is 50.1 Å². The first-order valence-electron chi connectivity index (χ1n) is 14.8. The molecule has 10 heteroatoms. The number of urea groups is 1. The van der Waals surface area contributed by atoms with Crippen molar-refractivity contribution in [3.63, 3.8) is 0 Å². The highest BCUT2D eigenvalue weighted by molar-refractivity contribution is 6.02. The number of hydrogen-bond donors (Lipinski definition) is 3. The smallest absolute Gasteiger partial charge is 0.321 e. The van der Waals surface area contributed by atoms with Crippen molar-refractivity contribution in [1.29, 1.82) is 5.41 Å². The molecule has 4 rings (SSSR count). The van der Waals surface area contributed by atoms with Crippen LogP contribution in [0.2, 0.25) is 0 Å². The Morgan fingerprint density at radius 1 is 0.951 bits per heavy atom. The summed E-state index contributed by atoms with van der Waals surface area (Å²) in [6.07, 6.45) is 4.98. The Kier molecular flexibility index (Phi) is 11.0. The van der Waals surface area contributed by atoms with Crippen LogP contribution < -0.4 is 24.8 Å². The van der Waals surface area contributed by atoms with Crippen LogP contribution in [0.25, 0.3) is 0 Å². The number of amides is 2. The van der Waals surface area contributed by atoms with Crippen molar-refractivity contribution in [2.75, 3.05) is 77.2 Å². The molecule has 2 fully saturated rings. The summed E-state index contributed by atoms with van der Waals surface area (Å²) >= 11 is 0. The molecule has 0 atom stereocenters. The second kappa shape index (κ2) is 14.8.